The molecule has 0 bridgehead atoms. The van der Waals surface area contributed by atoms with Crippen LogP contribution in [0.15, 0.2) is 72.9 Å². The third-order valence-corrected chi connectivity index (χ3v) is 4.93. The van der Waals surface area contributed by atoms with Gasteiger partial charge in [0.15, 0.2) is 11.5 Å². The normalized spacial score (nSPS) is 12.8. The summed E-state index contributed by atoms with van der Waals surface area (Å²) in [5.74, 6) is 0.437. The Hall–Kier alpha value is -3.80. The predicted molar refractivity (Wildman–Crippen MR) is 109 cm³/mol. The molecule has 0 unspecified atom stereocenters. The van der Waals surface area contributed by atoms with E-state index in [0.717, 1.165) is 35.4 Å². The van der Waals surface area contributed by atoms with Gasteiger partial charge < -0.3 is 10.2 Å². The van der Waals surface area contributed by atoms with Crippen LogP contribution >= 0.6 is 0 Å². The van der Waals surface area contributed by atoms with Gasteiger partial charge in [0.2, 0.25) is 0 Å². The van der Waals surface area contributed by atoms with Gasteiger partial charge in [-0.05, 0) is 42.3 Å². The summed E-state index contributed by atoms with van der Waals surface area (Å²) in [5.41, 5.74) is 4.12. The molecule has 0 atom stereocenters. The van der Waals surface area contributed by atoms with E-state index in [1.165, 1.54) is 5.56 Å². The van der Waals surface area contributed by atoms with Crippen LogP contribution < -0.4 is 10.2 Å². The van der Waals surface area contributed by atoms with Gasteiger partial charge in [0.25, 0.3) is 5.91 Å². The number of nitrogens with zero attached hydrogens (tertiary/aromatic N) is 4. The first-order chi connectivity index (χ1) is 13.8. The van der Waals surface area contributed by atoms with Crippen molar-refractivity contribution < 1.29 is 4.79 Å². The lowest BCUT2D eigenvalue weighted by molar-refractivity contribution is 0.102. The van der Waals surface area contributed by atoms with E-state index in [9.17, 15) is 4.79 Å². The zero-order valence-electron chi connectivity index (χ0n) is 15.0. The summed E-state index contributed by atoms with van der Waals surface area (Å²) in [6.45, 7) is 0.862. The highest BCUT2D eigenvalue weighted by atomic mass is 16.1. The number of pyridine rings is 1. The van der Waals surface area contributed by atoms with Crippen molar-refractivity contribution in [1.29, 1.82) is 0 Å². The van der Waals surface area contributed by atoms with E-state index in [1.807, 2.05) is 48.5 Å². The number of anilines is 3. The predicted octanol–water partition coefficient (Wildman–Crippen LogP) is 3.97. The third-order valence-electron chi connectivity index (χ3n) is 4.93. The maximum absolute atomic E-state index is 12.6. The molecule has 0 fully saturated rings. The minimum absolute atomic E-state index is 0.268. The van der Waals surface area contributed by atoms with Crippen LogP contribution in [0.2, 0.25) is 0 Å². The molecule has 1 N–H and O–H groups in total. The number of benzene rings is 2. The fourth-order valence-corrected chi connectivity index (χ4v) is 3.56. The Morgan fingerprint density at radius 1 is 0.929 bits per heavy atom. The molecule has 0 spiro atoms. The summed E-state index contributed by atoms with van der Waals surface area (Å²) in [6, 6.07) is 21.3. The van der Waals surface area contributed by atoms with Crippen molar-refractivity contribution in [2.24, 2.45) is 0 Å². The van der Waals surface area contributed by atoms with Crippen LogP contribution in [0.1, 0.15) is 16.1 Å². The van der Waals surface area contributed by atoms with Gasteiger partial charge in [0.05, 0.1) is 11.2 Å². The molecule has 2 aromatic heterocycles. The lowest BCUT2D eigenvalue weighted by Gasteiger charge is -2.17. The fourth-order valence-electron chi connectivity index (χ4n) is 3.56. The Labute approximate surface area is 161 Å². The van der Waals surface area contributed by atoms with Crippen LogP contribution in [-0.4, -0.2) is 27.6 Å². The van der Waals surface area contributed by atoms with Crippen molar-refractivity contribution in [3.63, 3.8) is 0 Å². The SMILES string of the molecule is O=C(Nc1cccc2cccnc12)c1ccc(N2CCc3ccccc32)nn1. The number of rotatable bonds is 3. The Balaban J connectivity index is 1.38. The second-order valence-corrected chi connectivity index (χ2v) is 6.64. The van der Waals surface area contributed by atoms with E-state index >= 15 is 0 Å². The molecule has 0 radical (unpaired) electrons. The summed E-state index contributed by atoms with van der Waals surface area (Å²) in [5, 5.41) is 12.3. The van der Waals surface area contributed by atoms with Gasteiger partial charge in [0.1, 0.15) is 0 Å². The van der Waals surface area contributed by atoms with Crippen LogP contribution in [0, 0.1) is 0 Å². The second-order valence-electron chi connectivity index (χ2n) is 6.64. The van der Waals surface area contributed by atoms with E-state index in [-0.39, 0.29) is 11.6 Å². The van der Waals surface area contributed by atoms with Crippen molar-refractivity contribution >= 4 is 34.0 Å². The first-order valence-electron chi connectivity index (χ1n) is 9.14. The number of hydrogen-bond acceptors (Lipinski definition) is 5. The molecule has 0 aliphatic carbocycles. The summed E-state index contributed by atoms with van der Waals surface area (Å²) < 4.78 is 0. The minimum Gasteiger partial charge on any atom is -0.324 e. The van der Waals surface area contributed by atoms with Crippen LogP contribution in [0.4, 0.5) is 17.2 Å². The van der Waals surface area contributed by atoms with E-state index in [0.29, 0.717) is 5.69 Å². The van der Waals surface area contributed by atoms with Crippen molar-refractivity contribution in [1.82, 2.24) is 15.2 Å². The maximum Gasteiger partial charge on any atom is 0.276 e. The van der Waals surface area contributed by atoms with Crippen molar-refractivity contribution in [2.75, 3.05) is 16.8 Å². The number of fused-ring (bicyclic) bond motifs is 2. The lowest BCUT2D eigenvalue weighted by atomic mass is 10.2. The van der Waals surface area contributed by atoms with Gasteiger partial charge in [-0.2, -0.15) is 0 Å². The molecule has 1 aliphatic rings. The molecule has 2 aromatic carbocycles. The quantitative estimate of drug-likeness (QED) is 0.593. The number of nitrogens with one attached hydrogen (secondary N) is 1. The van der Waals surface area contributed by atoms with E-state index < -0.39 is 0 Å². The van der Waals surface area contributed by atoms with Crippen LogP contribution in [0.25, 0.3) is 10.9 Å². The molecule has 6 heteroatoms. The molecule has 0 saturated carbocycles. The van der Waals surface area contributed by atoms with Gasteiger partial charge in [-0.3, -0.25) is 9.78 Å². The molecular formula is C22H17N5O. The highest BCUT2D eigenvalue weighted by Crippen LogP contribution is 2.32. The summed E-state index contributed by atoms with van der Waals surface area (Å²) >= 11 is 0. The molecule has 136 valence electrons. The molecular weight excluding hydrogens is 350 g/mol. The highest BCUT2D eigenvalue weighted by molar-refractivity contribution is 6.07. The number of carbonyl (C=O) groups is 1. The number of hydrogen-bond donors (Lipinski definition) is 1. The van der Waals surface area contributed by atoms with Crippen LogP contribution in [-0.2, 0) is 6.42 Å². The van der Waals surface area contributed by atoms with Crippen molar-refractivity contribution in [3.05, 3.63) is 84.2 Å². The summed E-state index contributed by atoms with van der Waals surface area (Å²) in [4.78, 5) is 19.1. The van der Waals surface area contributed by atoms with Gasteiger partial charge in [-0.1, -0.05) is 36.4 Å². The summed E-state index contributed by atoms with van der Waals surface area (Å²) in [6.07, 6.45) is 2.69. The molecule has 0 saturated heterocycles. The van der Waals surface area contributed by atoms with Gasteiger partial charge >= 0.3 is 0 Å². The average Bonchev–Trinajstić information content (AvgIpc) is 3.18. The molecule has 5 rings (SSSR count). The standard InChI is InChI=1S/C22H17N5O/c28-22(24-17-8-3-6-16-7-4-13-23-21(16)17)18-10-11-20(26-25-18)27-14-12-15-5-1-2-9-19(15)27/h1-11,13H,12,14H2,(H,24,28). The van der Waals surface area contributed by atoms with Gasteiger partial charge in [0, 0.05) is 23.8 Å². The first-order valence-corrected chi connectivity index (χ1v) is 9.14. The largest absolute Gasteiger partial charge is 0.324 e. The van der Waals surface area contributed by atoms with E-state index in [2.05, 4.69) is 37.5 Å². The Morgan fingerprint density at radius 2 is 1.82 bits per heavy atom. The van der Waals surface area contributed by atoms with Gasteiger partial charge in [-0.15, -0.1) is 10.2 Å². The zero-order chi connectivity index (χ0) is 18.9. The van der Waals surface area contributed by atoms with E-state index in [1.54, 1.807) is 12.3 Å². The average molecular weight is 367 g/mol. The van der Waals surface area contributed by atoms with Crippen molar-refractivity contribution in [2.45, 2.75) is 6.42 Å². The van der Waals surface area contributed by atoms with Crippen LogP contribution in [0.5, 0.6) is 0 Å². The fraction of sp³-hybridized carbons (Fsp3) is 0.0909. The first kappa shape index (κ1) is 16.4. The summed E-state index contributed by atoms with van der Waals surface area (Å²) in [7, 11) is 0. The number of para-hydroxylation sites is 2. The lowest BCUT2D eigenvalue weighted by Crippen LogP contribution is -2.18. The van der Waals surface area contributed by atoms with Crippen LogP contribution in [0.3, 0.4) is 0 Å². The number of carbonyl (C=O) groups excluding carboxylic acids is 1. The van der Waals surface area contributed by atoms with Gasteiger partial charge in [-0.25, -0.2) is 0 Å². The third kappa shape index (κ3) is 2.85. The smallest absolute Gasteiger partial charge is 0.276 e. The highest BCUT2D eigenvalue weighted by Gasteiger charge is 2.21. The topological polar surface area (TPSA) is 71.0 Å². The van der Waals surface area contributed by atoms with E-state index in [4.69, 9.17) is 0 Å². The molecule has 1 aliphatic heterocycles. The minimum atomic E-state index is -0.306. The molecule has 28 heavy (non-hydrogen) atoms. The Kier molecular flexibility index (Phi) is 3.94. The molecule has 3 heterocycles. The molecule has 4 aromatic rings. The Bertz CT molecular complexity index is 1170. The van der Waals surface area contributed by atoms with Crippen molar-refractivity contribution in [3.8, 4) is 0 Å². The zero-order valence-corrected chi connectivity index (χ0v) is 15.0. The maximum atomic E-state index is 12.6. The number of aromatic nitrogens is 3. The second kappa shape index (κ2) is 6.74. The molecule has 1 amide bonds. The number of amides is 1. The monoisotopic (exact) mass is 367 g/mol. The molecule has 6 nitrogen and oxygen atoms in total. The Morgan fingerprint density at radius 3 is 2.71 bits per heavy atom.